The van der Waals surface area contributed by atoms with Gasteiger partial charge in [0, 0.05) is 26.2 Å². The number of rotatable bonds is 4. The summed E-state index contributed by atoms with van der Waals surface area (Å²) in [5, 5.41) is 9.31. The van der Waals surface area contributed by atoms with E-state index in [1.165, 1.54) is 0 Å². The van der Waals surface area contributed by atoms with Gasteiger partial charge in [0.05, 0.1) is 19.2 Å². The molecule has 0 bridgehead atoms. The highest BCUT2D eigenvalue weighted by molar-refractivity contribution is 5.79. The van der Waals surface area contributed by atoms with Gasteiger partial charge in [-0.1, -0.05) is 24.3 Å². The first-order chi connectivity index (χ1) is 11.7. The van der Waals surface area contributed by atoms with Crippen LogP contribution in [0, 0.1) is 0 Å². The molecule has 126 valence electrons. The number of ether oxygens (including phenoxy) is 1. The molecule has 1 heterocycles. The predicted octanol–water partition coefficient (Wildman–Crippen LogP) is 2.29. The van der Waals surface area contributed by atoms with Crippen molar-refractivity contribution < 1.29 is 14.6 Å². The number of nitrogens with zero attached hydrogens (tertiary/aromatic N) is 2. The number of amides is 1. The summed E-state index contributed by atoms with van der Waals surface area (Å²) in [6.45, 7) is 2.99. The molecule has 0 spiro atoms. The lowest BCUT2D eigenvalue weighted by Gasteiger charge is -2.36. The zero-order chi connectivity index (χ0) is 16.9. The van der Waals surface area contributed by atoms with Crippen LogP contribution in [0.3, 0.4) is 0 Å². The Morgan fingerprint density at radius 1 is 1.04 bits per heavy atom. The highest BCUT2D eigenvalue weighted by Gasteiger charge is 2.22. The molecule has 0 unspecified atom stereocenters. The van der Waals surface area contributed by atoms with Crippen LogP contribution in [0.5, 0.6) is 11.5 Å². The molecule has 2 aromatic carbocycles. The van der Waals surface area contributed by atoms with Gasteiger partial charge < -0.3 is 19.6 Å². The largest absolute Gasteiger partial charge is 0.508 e. The molecule has 1 N–H and O–H groups in total. The molecule has 1 aliphatic rings. The minimum atomic E-state index is 0.125. The first-order valence-corrected chi connectivity index (χ1v) is 8.11. The number of aromatic hydroxyl groups is 1. The molecular formula is C19H22N2O3. The van der Waals surface area contributed by atoms with Crippen molar-refractivity contribution in [3.63, 3.8) is 0 Å². The Balaban J connectivity index is 1.58. The maximum absolute atomic E-state index is 12.4. The fourth-order valence-electron chi connectivity index (χ4n) is 2.99. The van der Waals surface area contributed by atoms with E-state index in [9.17, 15) is 9.90 Å². The Hall–Kier alpha value is -2.69. The molecule has 0 aromatic heterocycles. The van der Waals surface area contributed by atoms with Gasteiger partial charge in [0.15, 0.2) is 0 Å². The third-order valence-corrected chi connectivity index (χ3v) is 4.35. The second-order valence-corrected chi connectivity index (χ2v) is 5.88. The number of benzene rings is 2. The first-order valence-electron chi connectivity index (χ1n) is 8.11. The van der Waals surface area contributed by atoms with Gasteiger partial charge >= 0.3 is 0 Å². The maximum Gasteiger partial charge on any atom is 0.227 e. The van der Waals surface area contributed by atoms with Gasteiger partial charge in [-0.3, -0.25) is 4.79 Å². The molecular weight excluding hydrogens is 304 g/mol. The zero-order valence-electron chi connectivity index (χ0n) is 13.8. The average molecular weight is 326 g/mol. The summed E-state index contributed by atoms with van der Waals surface area (Å²) in [5.41, 5.74) is 2.00. The van der Waals surface area contributed by atoms with E-state index in [1.807, 2.05) is 29.2 Å². The second-order valence-electron chi connectivity index (χ2n) is 5.88. The molecule has 5 heteroatoms. The number of hydrogen-bond donors (Lipinski definition) is 1. The standard InChI is InChI=1S/C19H22N2O3/c1-24-18-5-3-2-4-17(18)20-10-12-21(13-11-20)19(23)14-15-6-8-16(22)9-7-15/h2-9,22H,10-14H2,1H3. The van der Waals surface area contributed by atoms with Crippen LogP contribution in [0.15, 0.2) is 48.5 Å². The third kappa shape index (κ3) is 3.62. The van der Waals surface area contributed by atoms with Gasteiger partial charge in [-0.15, -0.1) is 0 Å². The quantitative estimate of drug-likeness (QED) is 0.937. The molecule has 1 fully saturated rings. The van der Waals surface area contributed by atoms with Crippen molar-refractivity contribution in [1.29, 1.82) is 0 Å². The number of phenols is 1. The van der Waals surface area contributed by atoms with E-state index >= 15 is 0 Å². The van der Waals surface area contributed by atoms with Gasteiger partial charge in [0.1, 0.15) is 11.5 Å². The van der Waals surface area contributed by atoms with E-state index in [4.69, 9.17) is 4.74 Å². The van der Waals surface area contributed by atoms with Crippen LogP contribution in [-0.2, 0) is 11.2 Å². The lowest BCUT2D eigenvalue weighted by Crippen LogP contribution is -2.49. The molecule has 3 rings (SSSR count). The molecule has 5 nitrogen and oxygen atoms in total. The molecule has 1 amide bonds. The van der Waals surface area contributed by atoms with E-state index in [1.54, 1.807) is 31.4 Å². The molecule has 2 aromatic rings. The number of hydrogen-bond acceptors (Lipinski definition) is 4. The van der Waals surface area contributed by atoms with E-state index in [0.29, 0.717) is 19.5 Å². The number of phenolic OH excluding ortho intramolecular Hbond substituents is 1. The first kappa shape index (κ1) is 16.2. The zero-order valence-corrected chi connectivity index (χ0v) is 13.8. The summed E-state index contributed by atoms with van der Waals surface area (Å²) in [6.07, 6.45) is 0.370. The topological polar surface area (TPSA) is 53.0 Å². The Morgan fingerprint density at radius 3 is 2.38 bits per heavy atom. The van der Waals surface area contributed by atoms with E-state index in [-0.39, 0.29) is 11.7 Å². The fourth-order valence-corrected chi connectivity index (χ4v) is 2.99. The van der Waals surface area contributed by atoms with Gasteiger partial charge in [-0.05, 0) is 29.8 Å². The number of para-hydroxylation sites is 2. The Morgan fingerprint density at radius 2 is 1.71 bits per heavy atom. The number of carbonyl (C=O) groups excluding carboxylic acids is 1. The van der Waals surface area contributed by atoms with E-state index in [0.717, 1.165) is 30.1 Å². The summed E-state index contributed by atoms with van der Waals surface area (Å²) < 4.78 is 5.42. The molecule has 1 aliphatic heterocycles. The monoisotopic (exact) mass is 326 g/mol. The van der Waals surface area contributed by atoms with Gasteiger partial charge in [0.2, 0.25) is 5.91 Å². The molecule has 0 saturated carbocycles. The van der Waals surface area contributed by atoms with Crippen molar-refractivity contribution in [2.24, 2.45) is 0 Å². The Kier molecular flexibility index (Phi) is 4.89. The minimum Gasteiger partial charge on any atom is -0.508 e. The van der Waals surface area contributed by atoms with E-state index < -0.39 is 0 Å². The normalized spacial score (nSPS) is 14.5. The third-order valence-electron chi connectivity index (χ3n) is 4.35. The van der Waals surface area contributed by atoms with Crippen LogP contribution in [-0.4, -0.2) is 49.2 Å². The average Bonchev–Trinajstić information content (AvgIpc) is 2.63. The smallest absolute Gasteiger partial charge is 0.227 e. The molecule has 24 heavy (non-hydrogen) atoms. The summed E-state index contributed by atoms with van der Waals surface area (Å²) >= 11 is 0. The second kappa shape index (κ2) is 7.25. The number of carbonyl (C=O) groups is 1. The number of anilines is 1. The fraction of sp³-hybridized carbons (Fsp3) is 0.316. The van der Waals surface area contributed by atoms with Crippen LogP contribution in [0.2, 0.25) is 0 Å². The van der Waals surface area contributed by atoms with Gasteiger partial charge in [0.25, 0.3) is 0 Å². The van der Waals surface area contributed by atoms with Crippen LogP contribution < -0.4 is 9.64 Å². The SMILES string of the molecule is COc1ccccc1N1CCN(C(=O)Cc2ccc(O)cc2)CC1. The van der Waals surface area contributed by atoms with Crippen molar-refractivity contribution in [2.45, 2.75) is 6.42 Å². The van der Waals surface area contributed by atoms with E-state index in [2.05, 4.69) is 4.90 Å². The Bertz CT molecular complexity index is 692. The molecule has 0 aliphatic carbocycles. The van der Waals surface area contributed by atoms with Crippen molar-refractivity contribution >= 4 is 11.6 Å². The lowest BCUT2D eigenvalue weighted by molar-refractivity contribution is -0.130. The van der Waals surface area contributed by atoms with Crippen LogP contribution >= 0.6 is 0 Å². The van der Waals surface area contributed by atoms with Crippen molar-refractivity contribution in [3.8, 4) is 11.5 Å². The molecule has 0 atom stereocenters. The highest BCUT2D eigenvalue weighted by Crippen LogP contribution is 2.28. The Labute approximate surface area is 142 Å². The highest BCUT2D eigenvalue weighted by atomic mass is 16.5. The van der Waals surface area contributed by atoms with Crippen LogP contribution in [0.25, 0.3) is 0 Å². The van der Waals surface area contributed by atoms with Crippen molar-refractivity contribution in [2.75, 3.05) is 38.2 Å². The summed E-state index contributed by atoms with van der Waals surface area (Å²) in [4.78, 5) is 16.6. The van der Waals surface area contributed by atoms with Crippen LogP contribution in [0.4, 0.5) is 5.69 Å². The minimum absolute atomic E-state index is 0.125. The van der Waals surface area contributed by atoms with Gasteiger partial charge in [-0.25, -0.2) is 0 Å². The van der Waals surface area contributed by atoms with Gasteiger partial charge in [-0.2, -0.15) is 0 Å². The maximum atomic E-state index is 12.4. The lowest BCUT2D eigenvalue weighted by atomic mass is 10.1. The van der Waals surface area contributed by atoms with Crippen LogP contribution in [0.1, 0.15) is 5.56 Å². The number of piperazine rings is 1. The molecule has 0 radical (unpaired) electrons. The van der Waals surface area contributed by atoms with Crippen molar-refractivity contribution in [1.82, 2.24) is 4.90 Å². The summed E-state index contributed by atoms with van der Waals surface area (Å²) in [5.74, 6) is 1.21. The summed E-state index contributed by atoms with van der Waals surface area (Å²) in [7, 11) is 1.68. The molecule has 1 saturated heterocycles. The summed E-state index contributed by atoms with van der Waals surface area (Å²) in [6, 6.07) is 14.8. The number of methoxy groups -OCH3 is 1. The predicted molar refractivity (Wildman–Crippen MR) is 93.6 cm³/mol. The van der Waals surface area contributed by atoms with Crippen molar-refractivity contribution in [3.05, 3.63) is 54.1 Å².